The molecule has 0 aliphatic carbocycles. The first-order chi connectivity index (χ1) is 7.38. The van der Waals surface area contributed by atoms with Crippen LogP contribution in [-0.2, 0) is 0 Å². The van der Waals surface area contributed by atoms with E-state index in [1.165, 1.54) is 0 Å². The Labute approximate surface area is 91.4 Å². The van der Waals surface area contributed by atoms with Gasteiger partial charge >= 0.3 is 0 Å². The SMILES string of the molecule is CCOc1ccccc1C#CCCCN. The van der Waals surface area contributed by atoms with Gasteiger partial charge in [0.15, 0.2) is 0 Å². The van der Waals surface area contributed by atoms with Crippen LogP contribution < -0.4 is 10.5 Å². The van der Waals surface area contributed by atoms with Crippen LogP contribution in [0.15, 0.2) is 24.3 Å². The Hall–Kier alpha value is -1.46. The lowest BCUT2D eigenvalue weighted by Crippen LogP contribution is -1.96. The molecule has 0 amide bonds. The summed E-state index contributed by atoms with van der Waals surface area (Å²) in [6, 6.07) is 7.84. The zero-order chi connectivity index (χ0) is 10.9. The van der Waals surface area contributed by atoms with Gasteiger partial charge in [0, 0.05) is 6.42 Å². The maximum Gasteiger partial charge on any atom is 0.134 e. The number of hydrogen-bond donors (Lipinski definition) is 1. The van der Waals surface area contributed by atoms with Crippen LogP contribution in [0.5, 0.6) is 5.75 Å². The molecule has 0 radical (unpaired) electrons. The predicted molar refractivity (Wildman–Crippen MR) is 62.8 cm³/mol. The van der Waals surface area contributed by atoms with Crippen LogP contribution >= 0.6 is 0 Å². The van der Waals surface area contributed by atoms with Crippen LogP contribution in [0.25, 0.3) is 0 Å². The maximum absolute atomic E-state index is 5.47. The van der Waals surface area contributed by atoms with Crippen molar-refractivity contribution in [3.05, 3.63) is 29.8 Å². The second-order valence-corrected chi connectivity index (χ2v) is 3.12. The molecule has 0 saturated heterocycles. The number of hydrogen-bond acceptors (Lipinski definition) is 2. The van der Waals surface area contributed by atoms with Gasteiger partial charge in [-0.05, 0) is 32.0 Å². The van der Waals surface area contributed by atoms with E-state index in [1.807, 2.05) is 31.2 Å². The molecule has 1 rings (SSSR count). The Kier molecular flexibility index (Phi) is 5.35. The van der Waals surface area contributed by atoms with Gasteiger partial charge in [-0.25, -0.2) is 0 Å². The Morgan fingerprint density at radius 3 is 2.87 bits per heavy atom. The van der Waals surface area contributed by atoms with Crippen molar-refractivity contribution in [3.63, 3.8) is 0 Å². The number of nitrogens with two attached hydrogens (primary N) is 1. The molecule has 0 saturated carbocycles. The van der Waals surface area contributed by atoms with Crippen molar-refractivity contribution in [2.45, 2.75) is 19.8 Å². The molecular formula is C13H17NO. The number of benzene rings is 1. The van der Waals surface area contributed by atoms with Gasteiger partial charge in [0.2, 0.25) is 0 Å². The van der Waals surface area contributed by atoms with E-state index in [2.05, 4.69) is 11.8 Å². The maximum atomic E-state index is 5.47. The van der Waals surface area contributed by atoms with E-state index in [1.54, 1.807) is 0 Å². The lowest BCUT2D eigenvalue weighted by Gasteiger charge is -2.04. The van der Waals surface area contributed by atoms with Gasteiger partial charge in [-0.15, -0.1) is 0 Å². The van der Waals surface area contributed by atoms with E-state index >= 15 is 0 Å². The largest absolute Gasteiger partial charge is 0.493 e. The summed E-state index contributed by atoms with van der Waals surface area (Å²) in [5.74, 6) is 7.06. The highest BCUT2D eigenvalue weighted by Gasteiger charge is 1.97. The molecule has 1 aromatic rings. The smallest absolute Gasteiger partial charge is 0.134 e. The van der Waals surface area contributed by atoms with Crippen LogP contribution in [0.4, 0.5) is 0 Å². The Morgan fingerprint density at radius 2 is 2.13 bits per heavy atom. The molecule has 0 aliphatic rings. The van der Waals surface area contributed by atoms with Gasteiger partial charge in [0.1, 0.15) is 5.75 Å². The fraction of sp³-hybridized carbons (Fsp3) is 0.385. The summed E-state index contributed by atoms with van der Waals surface area (Å²) in [6.45, 7) is 3.34. The molecule has 2 heteroatoms. The highest BCUT2D eigenvalue weighted by Crippen LogP contribution is 2.16. The van der Waals surface area contributed by atoms with Crippen LogP contribution in [-0.4, -0.2) is 13.2 Å². The first-order valence-electron chi connectivity index (χ1n) is 5.29. The molecule has 0 bridgehead atoms. The second kappa shape index (κ2) is 6.92. The molecule has 0 heterocycles. The normalized spacial score (nSPS) is 9.20. The monoisotopic (exact) mass is 203 g/mol. The molecule has 0 fully saturated rings. The summed E-state index contributed by atoms with van der Waals surface area (Å²) >= 11 is 0. The molecule has 0 aromatic heterocycles. The highest BCUT2D eigenvalue weighted by atomic mass is 16.5. The van der Waals surface area contributed by atoms with Crippen molar-refractivity contribution in [1.29, 1.82) is 0 Å². The zero-order valence-corrected chi connectivity index (χ0v) is 9.12. The predicted octanol–water partition coefficient (Wildman–Crippen LogP) is 2.18. The lowest BCUT2D eigenvalue weighted by molar-refractivity contribution is 0.339. The molecule has 2 N–H and O–H groups in total. The molecule has 2 nitrogen and oxygen atoms in total. The van der Waals surface area contributed by atoms with Gasteiger partial charge in [0.05, 0.1) is 12.2 Å². The van der Waals surface area contributed by atoms with E-state index in [0.29, 0.717) is 13.2 Å². The quantitative estimate of drug-likeness (QED) is 0.601. The fourth-order valence-corrected chi connectivity index (χ4v) is 1.20. The van der Waals surface area contributed by atoms with Crippen LogP contribution in [0.1, 0.15) is 25.3 Å². The third-order valence-electron chi connectivity index (χ3n) is 1.92. The molecule has 0 unspecified atom stereocenters. The van der Waals surface area contributed by atoms with E-state index in [9.17, 15) is 0 Å². The lowest BCUT2D eigenvalue weighted by atomic mass is 10.2. The highest BCUT2D eigenvalue weighted by molar-refractivity contribution is 5.45. The summed E-state index contributed by atoms with van der Waals surface area (Å²) < 4.78 is 5.47. The van der Waals surface area contributed by atoms with Gasteiger partial charge in [-0.1, -0.05) is 24.0 Å². The van der Waals surface area contributed by atoms with E-state index in [0.717, 1.165) is 24.2 Å². The van der Waals surface area contributed by atoms with Crippen molar-refractivity contribution in [2.24, 2.45) is 5.73 Å². The van der Waals surface area contributed by atoms with Crippen molar-refractivity contribution in [3.8, 4) is 17.6 Å². The van der Waals surface area contributed by atoms with Crippen LogP contribution in [0.3, 0.4) is 0 Å². The van der Waals surface area contributed by atoms with E-state index < -0.39 is 0 Å². The number of para-hydroxylation sites is 1. The summed E-state index contributed by atoms with van der Waals surface area (Å²) in [7, 11) is 0. The molecule has 15 heavy (non-hydrogen) atoms. The third-order valence-corrected chi connectivity index (χ3v) is 1.92. The topological polar surface area (TPSA) is 35.2 Å². The van der Waals surface area contributed by atoms with Crippen molar-refractivity contribution in [1.82, 2.24) is 0 Å². The van der Waals surface area contributed by atoms with Gasteiger partial charge in [0.25, 0.3) is 0 Å². The second-order valence-electron chi connectivity index (χ2n) is 3.12. The van der Waals surface area contributed by atoms with E-state index in [4.69, 9.17) is 10.5 Å². The Bertz CT molecular complexity index is 349. The Balaban J connectivity index is 2.68. The average Bonchev–Trinajstić information content (AvgIpc) is 2.27. The molecular weight excluding hydrogens is 186 g/mol. The minimum absolute atomic E-state index is 0.668. The number of ether oxygens (including phenoxy) is 1. The van der Waals surface area contributed by atoms with Crippen LogP contribution in [0.2, 0.25) is 0 Å². The van der Waals surface area contributed by atoms with Crippen molar-refractivity contribution >= 4 is 0 Å². The van der Waals surface area contributed by atoms with Crippen molar-refractivity contribution < 1.29 is 4.74 Å². The molecule has 0 aliphatic heterocycles. The molecule has 0 spiro atoms. The first-order valence-corrected chi connectivity index (χ1v) is 5.29. The summed E-state index contributed by atoms with van der Waals surface area (Å²) in [4.78, 5) is 0. The first kappa shape index (κ1) is 11.6. The van der Waals surface area contributed by atoms with Gasteiger partial charge in [-0.2, -0.15) is 0 Å². The summed E-state index contributed by atoms with van der Waals surface area (Å²) in [6.07, 6.45) is 1.79. The zero-order valence-electron chi connectivity index (χ0n) is 9.12. The molecule has 1 aromatic carbocycles. The molecule has 0 atom stereocenters. The Morgan fingerprint density at radius 1 is 1.33 bits per heavy atom. The average molecular weight is 203 g/mol. The van der Waals surface area contributed by atoms with Gasteiger partial charge in [-0.3, -0.25) is 0 Å². The van der Waals surface area contributed by atoms with Crippen LogP contribution in [0, 0.1) is 11.8 Å². The summed E-state index contributed by atoms with van der Waals surface area (Å²) in [5, 5.41) is 0. The van der Waals surface area contributed by atoms with E-state index in [-0.39, 0.29) is 0 Å². The fourth-order valence-electron chi connectivity index (χ4n) is 1.20. The van der Waals surface area contributed by atoms with Gasteiger partial charge < -0.3 is 10.5 Å². The summed E-state index contributed by atoms with van der Waals surface area (Å²) in [5.41, 5.74) is 6.35. The minimum atomic E-state index is 0.668. The number of rotatable bonds is 4. The third kappa shape index (κ3) is 4.05. The number of unbranched alkanes of at least 4 members (excludes halogenated alkanes) is 1. The molecule has 80 valence electrons. The minimum Gasteiger partial charge on any atom is -0.493 e. The van der Waals surface area contributed by atoms with Crippen molar-refractivity contribution in [2.75, 3.05) is 13.2 Å². The standard InChI is InChI=1S/C13H17NO/c1-2-15-13-10-6-5-9-12(13)8-4-3-7-11-14/h5-6,9-10H,2-3,7,11,14H2,1H3.